The highest BCUT2D eigenvalue weighted by Gasteiger charge is 2.44. The van der Waals surface area contributed by atoms with Gasteiger partial charge >= 0.3 is 0 Å². The third kappa shape index (κ3) is 11.4. The molecule has 1 aliphatic heterocycles. The van der Waals surface area contributed by atoms with E-state index in [0.717, 1.165) is 27.3 Å². The van der Waals surface area contributed by atoms with Crippen LogP contribution in [-0.4, -0.2) is 90.6 Å². The molecule has 16 nitrogen and oxygen atoms in total. The smallest absolute Gasteiger partial charge is 0.274 e. The van der Waals surface area contributed by atoms with Crippen molar-refractivity contribution in [1.82, 2.24) is 40.7 Å². The lowest BCUT2D eigenvalue weighted by molar-refractivity contribution is -0.144. The number of anilines is 1. The number of β-amino-alcohol motifs (C(OH)–C–C–N with tert-alkyl or cyclic N) is 1. The third-order valence-corrected chi connectivity index (χ3v) is 12.1. The van der Waals surface area contributed by atoms with Gasteiger partial charge in [0.25, 0.3) is 5.91 Å². The molecule has 0 radical (unpaired) electrons. The number of ether oxygens (including phenoxy) is 2. The summed E-state index contributed by atoms with van der Waals surface area (Å²) in [5.74, 6) is -0.679. The van der Waals surface area contributed by atoms with Gasteiger partial charge in [-0.15, -0.1) is 11.3 Å². The van der Waals surface area contributed by atoms with Gasteiger partial charge in [-0.2, -0.15) is 5.10 Å². The molecule has 5 heterocycles. The molecule has 2 aromatic carbocycles. The number of rotatable bonds is 16. The summed E-state index contributed by atoms with van der Waals surface area (Å²) >= 11 is 1.57. The number of nitrogens with zero attached hydrogens (tertiary/aromatic N) is 5. The molecule has 0 bridgehead atoms. The van der Waals surface area contributed by atoms with Crippen molar-refractivity contribution in [2.75, 3.05) is 19.0 Å². The fraction of sp³-hybridized carbons (Fsp3) is 0.333. The summed E-state index contributed by atoms with van der Waals surface area (Å²) in [7, 11) is 1.50. The summed E-state index contributed by atoms with van der Waals surface area (Å²) in [5.41, 5.74) is 7.40. The molecule has 1 saturated heterocycles. The number of H-pyrrole nitrogens is 1. The molecule has 65 heavy (non-hydrogen) atoms. The van der Waals surface area contributed by atoms with E-state index in [-0.39, 0.29) is 49.5 Å². The number of carbonyl (C=O) groups excluding carboxylic acids is 4. The van der Waals surface area contributed by atoms with Gasteiger partial charge in [-0.1, -0.05) is 51.1 Å². The number of aromatic nitrogens is 5. The second-order valence-corrected chi connectivity index (χ2v) is 17.9. The highest BCUT2D eigenvalue weighted by Crippen LogP contribution is 2.32. The predicted molar refractivity (Wildman–Crippen MR) is 246 cm³/mol. The fourth-order valence-corrected chi connectivity index (χ4v) is 8.38. The number of hydrogen-bond acceptors (Lipinski definition) is 12. The molecule has 17 heteroatoms. The molecular weight excluding hydrogens is 847 g/mol. The molecule has 0 unspecified atom stereocenters. The van der Waals surface area contributed by atoms with E-state index >= 15 is 0 Å². The average Bonchev–Trinajstić information content (AvgIpc) is 4.09. The summed E-state index contributed by atoms with van der Waals surface area (Å²) in [6, 6.07) is 21.3. The van der Waals surface area contributed by atoms with E-state index in [4.69, 9.17) is 9.47 Å². The van der Waals surface area contributed by atoms with Crippen molar-refractivity contribution < 1.29 is 33.8 Å². The van der Waals surface area contributed by atoms with Crippen molar-refractivity contribution in [3.05, 3.63) is 125 Å². The van der Waals surface area contributed by atoms with Gasteiger partial charge in [0.1, 0.15) is 35.9 Å². The van der Waals surface area contributed by atoms with E-state index in [1.54, 1.807) is 66.2 Å². The van der Waals surface area contributed by atoms with E-state index in [9.17, 15) is 24.3 Å². The van der Waals surface area contributed by atoms with Gasteiger partial charge in [-0.05, 0) is 84.8 Å². The van der Waals surface area contributed by atoms with E-state index in [0.29, 0.717) is 40.7 Å². The van der Waals surface area contributed by atoms with Crippen LogP contribution in [0.4, 0.5) is 5.69 Å². The lowest BCUT2D eigenvalue weighted by Gasteiger charge is -2.35. The second kappa shape index (κ2) is 20.2. The maximum absolute atomic E-state index is 14.2. The van der Waals surface area contributed by atoms with E-state index in [2.05, 4.69) is 41.1 Å². The van der Waals surface area contributed by atoms with Crippen LogP contribution in [0.1, 0.15) is 79.6 Å². The van der Waals surface area contributed by atoms with Gasteiger partial charge in [-0.3, -0.25) is 29.3 Å². The Labute approximate surface area is 381 Å². The number of aliphatic hydroxyl groups excluding tert-OH is 1. The minimum Gasteiger partial charge on any atom is -0.494 e. The van der Waals surface area contributed by atoms with Crippen LogP contribution < -0.4 is 25.4 Å². The Morgan fingerprint density at radius 1 is 0.985 bits per heavy atom. The number of thiazole rings is 1. The molecule has 0 spiro atoms. The number of aromatic amines is 1. The Morgan fingerprint density at radius 3 is 2.49 bits per heavy atom. The zero-order valence-corrected chi connectivity index (χ0v) is 37.9. The summed E-state index contributed by atoms with van der Waals surface area (Å²) in [5, 5.41) is 26.3. The molecule has 7 rings (SSSR count). The molecule has 6 aromatic rings. The molecule has 4 atom stereocenters. The zero-order valence-electron chi connectivity index (χ0n) is 37.1. The van der Waals surface area contributed by atoms with Crippen LogP contribution in [0.2, 0.25) is 0 Å². The number of likely N-dealkylation sites (tertiary alicyclic amines) is 1. The normalized spacial score (nSPS) is 15.8. The van der Waals surface area contributed by atoms with Crippen molar-refractivity contribution >= 4 is 40.7 Å². The number of methoxy groups -OCH3 is 1. The van der Waals surface area contributed by atoms with Crippen molar-refractivity contribution in [1.29, 1.82) is 0 Å². The van der Waals surface area contributed by atoms with E-state index < -0.39 is 35.4 Å². The first kappa shape index (κ1) is 46.0. The highest BCUT2D eigenvalue weighted by molar-refractivity contribution is 7.13. The summed E-state index contributed by atoms with van der Waals surface area (Å²) in [6.07, 6.45) is 2.80. The SMILES string of the molecule is COc1cc(OCc2ccnc(CCC(=O)N[C@H](C(=O)N3C[C@H](O)C[C@H]3C(=O)N[C@@H](C)c3ccc(-c4scnc4C)cc3)C(C)(C)C)c2)ccc1NC(=O)c1cccc(-c2ccn[nH]2)n1. The van der Waals surface area contributed by atoms with E-state index in [1.165, 1.54) is 12.0 Å². The molecular formula is C48H53N9O7S. The molecule has 4 aromatic heterocycles. The lowest BCUT2D eigenvalue weighted by Crippen LogP contribution is -2.57. The number of benzene rings is 2. The van der Waals surface area contributed by atoms with Crippen LogP contribution in [-0.2, 0) is 27.4 Å². The van der Waals surface area contributed by atoms with Crippen molar-refractivity contribution in [2.45, 2.75) is 84.7 Å². The Hall–Kier alpha value is -6.98. The van der Waals surface area contributed by atoms with Gasteiger partial charge < -0.3 is 35.4 Å². The fourth-order valence-electron chi connectivity index (χ4n) is 7.57. The van der Waals surface area contributed by atoms with Gasteiger partial charge in [0.05, 0.1) is 52.4 Å². The Morgan fingerprint density at radius 2 is 1.78 bits per heavy atom. The zero-order chi connectivity index (χ0) is 46.3. The number of aryl methyl sites for hydroxylation is 2. The van der Waals surface area contributed by atoms with Gasteiger partial charge in [0.15, 0.2) is 0 Å². The monoisotopic (exact) mass is 899 g/mol. The van der Waals surface area contributed by atoms with Crippen LogP contribution in [0.25, 0.3) is 21.8 Å². The topological polar surface area (TPSA) is 214 Å². The largest absolute Gasteiger partial charge is 0.494 e. The Balaban J connectivity index is 0.918. The minimum absolute atomic E-state index is 0.0244. The van der Waals surface area contributed by atoms with Crippen LogP contribution in [0.15, 0.2) is 96.8 Å². The van der Waals surface area contributed by atoms with Crippen molar-refractivity contribution in [3.63, 3.8) is 0 Å². The van der Waals surface area contributed by atoms with Gasteiger partial charge in [0.2, 0.25) is 17.7 Å². The standard InChI is InChI=1S/C48H53N9O7S/c1-28(31-10-12-32(13-11-31)43-29(2)50-27-65-43)52-46(61)40-23-34(58)25-57(40)47(62)44(48(3,4)5)55-42(59)17-14-33-22-30(18-20-49-33)26-64-35-15-16-38(41(24-35)63-6)54-45(60)39-9-7-8-36(53-39)37-19-21-51-56-37/h7-13,15-16,18-22,24,27-28,34,40,44,58H,14,17,23,25-26H2,1-6H3,(H,51,56)(H,52,61)(H,54,60)(H,55,59)/t28-,34+,40-,44+/m0/s1. The lowest BCUT2D eigenvalue weighted by atomic mass is 9.85. The molecule has 338 valence electrons. The van der Waals surface area contributed by atoms with Crippen LogP contribution in [0.3, 0.4) is 0 Å². The maximum atomic E-state index is 14.2. The number of hydrogen-bond donors (Lipinski definition) is 5. The first-order valence-corrected chi connectivity index (χ1v) is 22.2. The van der Waals surface area contributed by atoms with Crippen molar-refractivity contribution in [3.8, 4) is 33.3 Å². The van der Waals surface area contributed by atoms with Crippen molar-refractivity contribution in [2.24, 2.45) is 5.41 Å². The minimum atomic E-state index is -0.962. The molecule has 0 saturated carbocycles. The first-order chi connectivity index (χ1) is 31.2. The quantitative estimate of drug-likeness (QED) is 0.0713. The van der Waals surface area contributed by atoms with Gasteiger partial charge in [0, 0.05) is 43.5 Å². The molecule has 4 amide bonds. The molecule has 5 N–H and O–H groups in total. The Kier molecular flexibility index (Phi) is 14.3. The van der Waals surface area contributed by atoms with Crippen LogP contribution >= 0.6 is 11.3 Å². The second-order valence-electron chi connectivity index (χ2n) is 17.0. The number of nitrogens with one attached hydrogen (secondary N) is 4. The molecule has 1 aliphatic rings. The van der Waals surface area contributed by atoms with Crippen LogP contribution in [0, 0.1) is 12.3 Å². The maximum Gasteiger partial charge on any atom is 0.274 e. The number of carbonyl (C=O) groups is 4. The third-order valence-electron chi connectivity index (χ3n) is 11.1. The highest BCUT2D eigenvalue weighted by atomic mass is 32.1. The summed E-state index contributed by atoms with van der Waals surface area (Å²) < 4.78 is 11.6. The van der Waals surface area contributed by atoms with E-state index in [1.807, 2.05) is 76.5 Å². The average molecular weight is 900 g/mol. The first-order valence-electron chi connectivity index (χ1n) is 21.3. The van der Waals surface area contributed by atoms with Gasteiger partial charge in [-0.25, -0.2) is 9.97 Å². The summed E-state index contributed by atoms with van der Waals surface area (Å²) in [4.78, 5) is 70.2. The summed E-state index contributed by atoms with van der Waals surface area (Å²) in [6.45, 7) is 9.56. The number of aliphatic hydroxyl groups is 1. The predicted octanol–water partition coefficient (Wildman–Crippen LogP) is 6.44. The Bertz CT molecular complexity index is 2630. The number of amides is 4. The number of pyridine rings is 2. The molecule has 1 fully saturated rings. The van der Waals surface area contributed by atoms with Crippen LogP contribution in [0.5, 0.6) is 11.5 Å². The molecule has 0 aliphatic carbocycles.